The molecule has 4 heterocycles. The van der Waals surface area contributed by atoms with E-state index in [9.17, 15) is 5.26 Å². The van der Waals surface area contributed by atoms with E-state index in [0.29, 0.717) is 27.7 Å². The van der Waals surface area contributed by atoms with E-state index in [4.69, 9.17) is 22.1 Å². The number of aromatic nitrogens is 4. The number of methoxy groups -OCH3 is 1. The van der Waals surface area contributed by atoms with Crippen LogP contribution < -0.4 is 14.9 Å². The fourth-order valence-corrected chi connectivity index (χ4v) is 3.94. The first-order valence-corrected chi connectivity index (χ1v) is 7.96. The molecule has 122 valence electrons. The van der Waals surface area contributed by atoms with Gasteiger partial charge in [-0.3, -0.25) is 0 Å². The number of hydrogen-bond acceptors (Lipinski definition) is 4. The van der Waals surface area contributed by atoms with Crippen LogP contribution in [0.2, 0.25) is 5.02 Å². The summed E-state index contributed by atoms with van der Waals surface area (Å²) in [5.74, 6) is 0.887. The van der Waals surface area contributed by atoms with Gasteiger partial charge in [-0.05, 0) is 25.1 Å². The molecule has 0 aliphatic rings. The topological polar surface area (TPSA) is 84.8 Å². The number of fused-ring (bicyclic) bond motifs is 3. The van der Waals surface area contributed by atoms with Crippen molar-refractivity contribution in [3.8, 4) is 11.8 Å². The number of nitrogens with zero attached hydrogens (tertiary/aromatic N) is 5. The monoisotopic (exact) mass is 351 g/mol. The Morgan fingerprint density at radius 3 is 2.92 bits per heavy atom. The highest BCUT2D eigenvalue weighted by Crippen LogP contribution is 2.34. The van der Waals surface area contributed by atoms with E-state index >= 15 is 0 Å². The molecule has 0 bridgehead atoms. The van der Waals surface area contributed by atoms with Crippen molar-refractivity contribution < 1.29 is 9.14 Å². The van der Waals surface area contributed by atoms with Gasteiger partial charge in [-0.1, -0.05) is 11.6 Å². The van der Waals surface area contributed by atoms with Crippen LogP contribution in [0.1, 0.15) is 11.1 Å². The molecule has 0 amide bonds. The maximum absolute atomic E-state index is 9.64. The molecule has 5 rings (SSSR count). The number of halogens is 1. The molecular weight excluding hydrogens is 340 g/mol. The summed E-state index contributed by atoms with van der Waals surface area (Å²) in [5.41, 5.74) is 10.8. The molecule has 0 aliphatic heterocycles. The van der Waals surface area contributed by atoms with Crippen LogP contribution in [0.5, 0.6) is 5.75 Å². The predicted octanol–water partition coefficient (Wildman–Crippen LogP) is 2.34. The van der Waals surface area contributed by atoms with E-state index in [1.54, 1.807) is 19.5 Å². The Kier molecular flexibility index (Phi) is 2.51. The number of hydrogen-bond donors (Lipinski definition) is 1. The molecule has 8 heteroatoms. The van der Waals surface area contributed by atoms with Crippen LogP contribution in [0.3, 0.4) is 0 Å². The van der Waals surface area contributed by atoms with Crippen LogP contribution in [0.15, 0.2) is 24.5 Å². The zero-order valence-electron chi connectivity index (χ0n) is 13.4. The molecule has 7 nitrogen and oxygen atoms in total. The summed E-state index contributed by atoms with van der Waals surface area (Å²) in [4.78, 5) is 4.52. The Labute approximate surface area is 146 Å². The minimum atomic E-state index is 0.348. The first kappa shape index (κ1) is 14.1. The molecule has 0 radical (unpaired) electrons. The van der Waals surface area contributed by atoms with E-state index in [1.807, 2.05) is 32.5 Å². The Morgan fingerprint density at radius 1 is 1.40 bits per heavy atom. The van der Waals surface area contributed by atoms with Gasteiger partial charge in [-0.15, -0.1) is 4.52 Å². The van der Waals surface area contributed by atoms with Gasteiger partial charge in [-0.25, -0.2) is 4.98 Å². The smallest absolute Gasteiger partial charge is 0.267 e. The number of rotatable bonds is 1. The average Bonchev–Trinajstić information content (AvgIpc) is 3.15. The van der Waals surface area contributed by atoms with Crippen LogP contribution in [0.4, 0.5) is 5.82 Å². The Morgan fingerprint density at radius 2 is 2.20 bits per heavy atom. The highest BCUT2D eigenvalue weighted by atomic mass is 35.5. The lowest BCUT2D eigenvalue weighted by atomic mass is 10.2. The fourth-order valence-electron chi connectivity index (χ4n) is 3.62. The molecule has 0 fully saturated rings. The summed E-state index contributed by atoms with van der Waals surface area (Å²) in [5, 5.41) is 10.8. The van der Waals surface area contributed by atoms with Crippen molar-refractivity contribution in [2.24, 2.45) is 0 Å². The van der Waals surface area contributed by atoms with Crippen LogP contribution in [0, 0.1) is 18.3 Å². The molecule has 1 aromatic carbocycles. The van der Waals surface area contributed by atoms with Gasteiger partial charge in [0.1, 0.15) is 34.2 Å². The minimum absolute atomic E-state index is 0.348. The second kappa shape index (κ2) is 4.43. The average molecular weight is 352 g/mol. The molecule has 0 saturated carbocycles. The summed E-state index contributed by atoms with van der Waals surface area (Å²) in [6.45, 7) is 1.96. The molecule has 25 heavy (non-hydrogen) atoms. The SMILES string of the molecule is COc1ccc2c(c1Cl)[n+]1c(N)c(C#N)c3cc(C)c4ncn2n4c31. The maximum atomic E-state index is 9.64. The zero-order chi connectivity index (χ0) is 17.5. The normalized spacial score (nSPS) is 11.9. The number of nitrogens with two attached hydrogens (primary N) is 1. The minimum Gasteiger partial charge on any atom is -0.495 e. The van der Waals surface area contributed by atoms with Crippen molar-refractivity contribution >= 4 is 45.1 Å². The van der Waals surface area contributed by atoms with E-state index in [2.05, 4.69) is 11.1 Å². The van der Waals surface area contributed by atoms with Crippen LogP contribution >= 0.6 is 11.6 Å². The predicted molar refractivity (Wildman–Crippen MR) is 93.4 cm³/mol. The summed E-state index contributed by atoms with van der Waals surface area (Å²) >= 11 is 6.61. The highest BCUT2D eigenvalue weighted by molar-refractivity contribution is 6.36. The van der Waals surface area contributed by atoms with Gasteiger partial charge in [0.15, 0.2) is 5.52 Å². The largest absolute Gasteiger partial charge is 0.495 e. The standard InChI is InChI=1S/C17H12ClN6O/c1-8-5-9-10(6-19)15(20)23-14-11(3-4-12(25-2)13(14)18)22-7-21-16(8)24(22)17(9)23/h3-5,7H,20H2,1-2H3/q+1. The van der Waals surface area contributed by atoms with Crippen molar-refractivity contribution in [2.45, 2.75) is 6.92 Å². The summed E-state index contributed by atoms with van der Waals surface area (Å²) < 4.78 is 11.0. The molecule has 0 aliphatic carbocycles. The Hall–Kier alpha value is -3.24. The second-order valence-electron chi connectivity index (χ2n) is 5.95. The van der Waals surface area contributed by atoms with Crippen LogP contribution in [-0.2, 0) is 0 Å². The zero-order valence-corrected chi connectivity index (χ0v) is 14.2. The third-order valence-electron chi connectivity index (χ3n) is 4.70. The third-order valence-corrected chi connectivity index (χ3v) is 5.07. The van der Waals surface area contributed by atoms with Gasteiger partial charge >= 0.3 is 0 Å². The van der Waals surface area contributed by atoms with Crippen molar-refractivity contribution in [3.05, 3.63) is 40.7 Å². The van der Waals surface area contributed by atoms with Crippen LogP contribution in [-0.4, -0.2) is 21.1 Å². The number of nitriles is 1. The summed E-state index contributed by atoms with van der Waals surface area (Å²) in [6, 6.07) is 7.85. The Bertz CT molecular complexity index is 1370. The van der Waals surface area contributed by atoms with Crippen molar-refractivity contribution in [2.75, 3.05) is 12.8 Å². The van der Waals surface area contributed by atoms with E-state index < -0.39 is 0 Å². The lowest BCUT2D eigenvalue weighted by Crippen LogP contribution is -2.29. The van der Waals surface area contributed by atoms with E-state index in [-0.39, 0.29) is 0 Å². The number of anilines is 1. The Balaban J connectivity index is 2.26. The molecular formula is C17H12ClN6O+. The lowest BCUT2D eigenvalue weighted by Gasteiger charge is -2.10. The van der Waals surface area contributed by atoms with Gasteiger partial charge in [0.25, 0.3) is 5.65 Å². The van der Waals surface area contributed by atoms with E-state index in [0.717, 1.165) is 27.8 Å². The fraction of sp³-hybridized carbons (Fsp3) is 0.118. The molecule has 2 N–H and O–H groups in total. The van der Waals surface area contributed by atoms with Crippen molar-refractivity contribution in [1.82, 2.24) is 14.0 Å². The van der Waals surface area contributed by atoms with E-state index in [1.165, 1.54) is 0 Å². The molecule has 5 aromatic rings. The van der Waals surface area contributed by atoms with Gasteiger partial charge in [0.2, 0.25) is 11.5 Å². The number of ether oxygens (including phenoxy) is 1. The van der Waals surface area contributed by atoms with Crippen LogP contribution in [0.25, 0.3) is 27.7 Å². The van der Waals surface area contributed by atoms with Gasteiger partial charge in [0.05, 0.1) is 12.5 Å². The molecule has 0 saturated heterocycles. The highest BCUT2D eigenvalue weighted by Gasteiger charge is 2.29. The quantitative estimate of drug-likeness (QED) is 0.371. The van der Waals surface area contributed by atoms with Gasteiger partial charge < -0.3 is 10.5 Å². The molecule has 0 unspecified atom stereocenters. The first-order valence-electron chi connectivity index (χ1n) is 7.58. The van der Waals surface area contributed by atoms with Crippen molar-refractivity contribution in [1.29, 1.82) is 5.26 Å². The lowest BCUT2D eigenvalue weighted by molar-refractivity contribution is -0.465. The third kappa shape index (κ3) is 1.46. The number of aryl methyl sites for hydroxylation is 1. The number of pyridine rings is 1. The number of nitrogen functional groups attached to an aromatic ring is 1. The number of benzene rings is 1. The molecule has 4 aromatic heterocycles. The second-order valence-corrected chi connectivity index (χ2v) is 6.32. The summed E-state index contributed by atoms with van der Waals surface area (Å²) in [6.07, 6.45) is 1.74. The maximum Gasteiger partial charge on any atom is 0.267 e. The summed E-state index contributed by atoms with van der Waals surface area (Å²) in [7, 11) is 1.56. The van der Waals surface area contributed by atoms with Gasteiger partial charge in [-0.2, -0.15) is 14.2 Å². The molecule has 0 spiro atoms. The molecule has 0 atom stereocenters. The van der Waals surface area contributed by atoms with Crippen molar-refractivity contribution in [3.63, 3.8) is 0 Å². The first-order chi connectivity index (χ1) is 12.1. The van der Waals surface area contributed by atoms with Gasteiger partial charge in [0, 0.05) is 5.56 Å².